The third-order valence-corrected chi connectivity index (χ3v) is 6.48. The fourth-order valence-corrected chi connectivity index (χ4v) is 5.00. The van der Waals surface area contributed by atoms with Gasteiger partial charge in [-0.3, -0.25) is 4.79 Å². The fraction of sp³-hybridized carbons (Fsp3) is 0.118. The van der Waals surface area contributed by atoms with Crippen molar-refractivity contribution in [2.75, 3.05) is 0 Å². The van der Waals surface area contributed by atoms with Crippen molar-refractivity contribution in [3.05, 3.63) is 79.7 Å². The lowest BCUT2D eigenvalue weighted by atomic mass is 10.2. The Morgan fingerprint density at radius 3 is 2.46 bits per heavy atom. The summed E-state index contributed by atoms with van der Waals surface area (Å²) < 4.78 is 52.9. The van der Waals surface area contributed by atoms with Crippen LogP contribution in [0.3, 0.4) is 0 Å². The molecule has 0 fully saturated rings. The Morgan fingerprint density at radius 2 is 1.81 bits per heavy atom. The Hall–Kier alpha value is -1.94. The number of hydrogen-bond acceptors (Lipinski definition) is 5. The van der Waals surface area contributed by atoms with E-state index in [-0.39, 0.29) is 17.9 Å². The average Bonchev–Trinajstić information content (AvgIpc) is 3.23. The largest absolute Gasteiger partial charge is 0.288 e. The predicted octanol–water partition coefficient (Wildman–Crippen LogP) is 3.94. The standard InChI is InChI=1S/C17H13F2NO3S3/c18-13-5-11(6-14(19)7-13)10-26(22,23)20-8-15-1-2-16(25-15)17(21)12-3-4-24-9-12/h1-7,9,20H,8,10H2. The highest BCUT2D eigenvalue weighted by Crippen LogP contribution is 2.21. The third-order valence-electron chi connectivity index (χ3n) is 3.41. The number of benzene rings is 1. The van der Waals surface area contributed by atoms with Crippen LogP contribution in [0.4, 0.5) is 8.78 Å². The molecule has 2 aromatic heterocycles. The zero-order valence-electron chi connectivity index (χ0n) is 13.2. The number of thiophene rings is 2. The highest BCUT2D eigenvalue weighted by atomic mass is 32.2. The fourth-order valence-electron chi connectivity index (χ4n) is 2.28. The van der Waals surface area contributed by atoms with Crippen LogP contribution in [0.1, 0.15) is 25.7 Å². The number of hydrogen-bond donors (Lipinski definition) is 1. The van der Waals surface area contributed by atoms with E-state index in [1.54, 1.807) is 23.6 Å². The van der Waals surface area contributed by atoms with Crippen molar-refractivity contribution in [2.24, 2.45) is 0 Å². The Morgan fingerprint density at radius 1 is 1.08 bits per heavy atom. The Bertz CT molecular complexity index is 1010. The summed E-state index contributed by atoms with van der Waals surface area (Å²) in [5, 5.41) is 3.56. The number of halogens is 2. The zero-order valence-corrected chi connectivity index (χ0v) is 15.7. The van der Waals surface area contributed by atoms with Crippen LogP contribution in [0.15, 0.2) is 47.2 Å². The number of nitrogens with one attached hydrogen (secondary N) is 1. The van der Waals surface area contributed by atoms with Crippen LogP contribution in [-0.4, -0.2) is 14.2 Å². The molecule has 26 heavy (non-hydrogen) atoms. The van der Waals surface area contributed by atoms with Gasteiger partial charge in [0.1, 0.15) is 11.6 Å². The van der Waals surface area contributed by atoms with E-state index in [0.717, 1.165) is 12.1 Å². The topological polar surface area (TPSA) is 63.2 Å². The van der Waals surface area contributed by atoms with Gasteiger partial charge in [0.15, 0.2) is 0 Å². The van der Waals surface area contributed by atoms with Crippen molar-refractivity contribution in [1.29, 1.82) is 0 Å². The van der Waals surface area contributed by atoms with Gasteiger partial charge in [-0.1, -0.05) is 0 Å². The molecule has 2 heterocycles. The summed E-state index contributed by atoms with van der Waals surface area (Å²) in [4.78, 5) is 13.4. The quantitative estimate of drug-likeness (QED) is 0.597. The molecule has 4 nitrogen and oxygen atoms in total. The molecule has 3 rings (SSSR count). The van der Waals surface area contributed by atoms with E-state index in [1.165, 1.54) is 22.7 Å². The molecule has 0 unspecified atom stereocenters. The molecule has 0 saturated carbocycles. The Labute approximate surface area is 157 Å². The first-order valence-electron chi connectivity index (χ1n) is 7.40. The van der Waals surface area contributed by atoms with Crippen LogP contribution >= 0.6 is 22.7 Å². The average molecular weight is 413 g/mol. The molecule has 0 bridgehead atoms. The lowest BCUT2D eigenvalue weighted by Gasteiger charge is -2.06. The van der Waals surface area contributed by atoms with Gasteiger partial charge in [0.2, 0.25) is 15.8 Å². The maximum atomic E-state index is 13.2. The first-order valence-corrected chi connectivity index (χ1v) is 10.8. The van der Waals surface area contributed by atoms with Crippen LogP contribution in [0.5, 0.6) is 0 Å². The van der Waals surface area contributed by atoms with Gasteiger partial charge in [0.05, 0.1) is 10.6 Å². The van der Waals surface area contributed by atoms with E-state index in [9.17, 15) is 22.0 Å². The van der Waals surface area contributed by atoms with Gasteiger partial charge in [0, 0.05) is 28.4 Å². The summed E-state index contributed by atoms with van der Waals surface area (Å²) in [6.07, 6.45) is 0. The van der Waals surface area contributed by atoms with E-state index < -0.39 is 27.4 Å². The maximum absolute atomic E-state index is 13.2. The van der Waals surface area contributed by atoms with E-state index in [0.29, 0.717) is 21.4 Å². The second kappa shape index (κ2) is 7.75. The molecule has 0 aliphatic heterocycles. The molecule has 1 N–H and O–H groups in total. The van der Waals surface area contributed by atoms with Crippen molar-refractivity contribution < 1.29 is 22.0 Å². The SMILES string of the molecule is O=C(c1ccsc1)c1ccc(CNS(=O)(=O)Cc2cc(F)cc(F)c2)s1. The van der Waals surface area contributed by atoms with Gasteiger partial charge in [-0.15, -0.1) is 11.3 Å². The molecule has 9 heteroatoms. The molecule has 0 spiro atoms. The molecule has 0 amide bonds. The van der Waals surface area contributed by atoms with Crippen molar-refractivity contribution in [2.45, 2.75) is 12.3 Å². The summed E-state index contributed by atoms with van der Waals surface area (Å²) in [6.45, 7) is 0.00170. The van der Waals surface area contributed by atoms with Crippen LogP contribution < -0.4 is 4.72 Å². The molecule has 0 aliphatic carbocycles. The number of carbonyl (C=O) groups is 1. The number of sulfonamides is 1. The van der Waals surface area contributed by atoms with Crippen LogP contribution in [0, 0.1) is 11.6 Å². The minimum atomic E-state index is -3.78. The normalized spacial score (nSPS) is 11.6. The summed E-state index contributed by atoms with van der Waals surface area (Å²) >= 11 is 2.62. The Kier molecular flexibility index (Phi) is 5.61. The van der Waals surface area contributed by atoms with Gasteiger partial charge in [-0.2, -0.15) is 11.3 Å². The third kappa shape index (κ3) is 4.82. The molecule has 0 atom stereocenters. The zero-order chi connectivity index (χ0) is 18.7. The maximum Gasteiger partial charge on any atom is 0.216 e. The van der Waals surface area contributed by atoms with Crippen molar-refractivity contribution >= 4 is 38.5 Å². The number of ketones is 1. The predicted molar refractivity (Wildman–Crippen MR) is 97.9 cm³/mol. The van der Waals surface area contributed by atoms with Gasteiger partial charge in [-0.25, -0.2) is 21.9 Å². The molecule has 3 aromatic rings. The summed E-state index contributed by atoms with van der Waals surface area (Å²) in [5.74, 6) is -2.30. The molecular weight excluding hydrogens is 400 g/mol. The van der Waals surface area contributed by atoms with E-state index in [1.807, 2.05) is 5.38 Å². The molecule has 1 aromatic carbocycles. The van der Waals surface area contributed by atoms with E-state index in [2.05, 4.69) is 4.72 Å². The first-order chi connectivity index (χ1) is 12.3. The lowest BCUT2D eigenvalue weighted by Crippen LogP contribution is -2.24. The van der Waals surface area contributed by atoms with Gasteiger partial charge >= 0.3 is 0 Å². The van der Waals surface area contributed by atoms with Crippen LogP contribution in [0.25, 0.3) is 0 Å². The molecule has 0 radical (unpaired) electrons. The molecule has 0 aliphatic rings. The number of carbonyl (C=O) groups excluding carboxylic acids is 1. The summed E-state index contributed by atoms with van der Waals surface area (Å²) in [7, 11) is -3.78. The highest BCUT2D eigenvalue weighted by molar-refractivity contribution is 7.88. The minimum absolute atomic E-state index is 0.00170. The van der Waals surface area contributed by atoms with Crippen LogP contribution in [-0.2, 0) is 22.3 Å². The van der Waals surface area contributed by atoms with E-state index >= 15 is 0 Å². The van der Waals surface area contributed by atoms with Crippen molar-refractivity contribution in [3.63, 3.8) is 0 Å². The van der Waals surface area contributed by atoms with Crippen molar-refractivity contribution in [1.82, 2.24) is 4.72 Å². The lowest BCUT2D eigenvalue weighted by molar-refractivity contribution is 0.104. The molecule has 136 valence electrons. The van der Waals surface area contributed by atoms with Gasteiger partial charge in [0.25, 0.3) is 0 Å². The monoisotopic (exact) mass is 413 g/mol. The second-order valence-corrected chi connectivity index (χ2v) is 9.22. The van der Waals surface area contributed by atoms with Crippen molar-refractivity contribution in [3.8, 4) is 0 Å². The summed E-state index contributed by atoms with van der Waals surface area (Å²) in [5.41, 5.74) is 0.617. The molecule has 0 saturated heterocycles. The van der Waals surface area contributed by atoms with Gasteiger partial charge < -0.3 is 0 Å². The smallest absolute Gasteiger partial charge is 0.216 e. The van der Waals surface area contributed by atoms with Crippen LogP contribution in [0.2, 0.25) is 0 Å². The summed E-state index contributed by atoms with van der Waals surface area (Å²) in [6, 6.07) is 7.69. The van der Waals surface area contributed by atoms with E-state index in [4.69, 9.17) is 0 Å². The number of rotatable bonds is 7. The first kappa shape index (κ1) is 18.8. The molecular formula is C17H13F2NO3S3. The Balaban J connectivity index is 1.64. The van der Waals surface area contributed by atoms with Gasteiger partial charge in [-0.05, 0) is 41.3 Å². The second-order valence-electron chi connectivity index (χ2n) is 5.47. The minimum Gasteiger partial charge on any atom is -0.288 e. The highest BCUT2D eigenvalue weighted by Gasteiger charge is 2.16.